The van der Waals surface area contributed by atoms with Crippen LogP contribution in [0.15, 0.2) is 30.3 Å². The molecule has 0 amide bonds. The lowest BCUT2D eigenvalue weighted by atomic mass is 10.1. The Morgan fingerprint density at radius 1 is 1.43 bits per heavy atom. The number of nitriles is 1. The Balaban J connectivity index is 3.09. The molecule has 0 unspecified atom stereocenters. The molecule has 0 saturated heterocycles. The monoisotopic (exact) mass is 187 g/mol. The summed E-state index contributed by atoms with van der Waals surface area (Å²) in [6.45, 7) is 1.93. The van der Waals surface area contributed by atoms with Gasteiger partial charge in [0.05, 0.1) is 5.57 Å². The van der Waals surface area contributed by atoms with Gasteiger partial charge in [0.25, 0.3) is 0 Å². The van der Waals surface area contributed by atoms with Gasteiger partial charge in [0.1, 0.15) is 6.07 Å². The number of rotatable bonds is 2. The predicted molar refractivity (Wildman–Crippen MR) is 52.4 cm³/mol. The van der Waals surface area contributed by atoms with Gasteiger partial charge in [-0.05, 0) is 12.5 Å². The lowest BCUT2D eigenvalue weighted by molar-refractivity contribution is -0.131. The molecule has 70 valence electrons. The van der Waals surface area contributed by atoms with E-state index >= 15 is 0 Å². The molecule has 0 spiro atoms. The third-order valence-corrected chi connectivity index (χ3v) is 1.75. The van der Waals surface area contributed by atoms with Crippen LogP contribution in [0.25, 0.3) is 5.57 Å². The second-order valence-corrected chi connectivity index (χ2v) is 2.87. The van der Waals surface area contributed by atoms with Crippen LogP contribution in [0.3, 0.4) is 0 Å². The van der Waals surface area contributed by atoms with E-state index in [0.29, 0.717) is 5.56 Å². The highest BCUT2D eigenvalue weighted by Crippen LogP contribution is 2.13. The van der Waals surface area contributed by atoms with Crippen molar-refractivity contribution < 1.29 is 9.90 Å². The SMILES string of the molecule is Cc1ccc(/C(C#N)=C/C(=O)O)cc1. The Kier molecular flexibility index (Phi) is 3.03. The number of aryl methyl sites for hydroxylation is 1. The van der Waals surface area contributed by atoms with Gasteiger partial charge in [-0.3, -0.25) is 0 Å². The van der Waals surface area contributed by atoms with Crippen LogP contribution < -0.4 is 0 Å². The van der Waals surface area contributed by atoms with E-state index in [9.17, 15) is 4.79 Å². The van der Waals surface area contributed by atoms with Crippen molar-refractivity contribution in [2.45, 2.75) is 6.92 Å². The number of nitrogens with zero attached hydrogens (tertiary/aromatic N) is 1. The first kappa shape index (κ1) is 10.0. The van der Waals surface area contributed by atoms with Crippen LogP contribution in [0.1, 0.15) is 11.1 Å². The number of allylic oxidation sites excluding steroid dienone is 1. The Morgan fingerprint density at radius 3 is 2.43 bits per heavy atom. The third-order valence-electron chi connectivity index (χ3n) is 1.75. The van der Waals surface area contributed by atoms with Gasteiger partial charge in [0, 0.05) is 6.08 Å². The van der Waals surface area contributed by atoms with Crippen LogP contribution in [-0.2, 0) is 4.79 Å². The average molecular weight is 187 g/mol. The highest BCUT2D eigenvalue weighted by atomic mass is 16.4. The molecule has 0 bridgehead atoms. The van der Waals surface area contributed by atoms with Crippen LogP contribution in [0.4, 0.5) is 0 Å². The molecular formula is C11H9NO2. The number of aliphatic carboxylic acids is 1. The maximum absolute atomic E-state index is 10.4. The van der Waals surface area contributed by atoms with Crippen LogP contribution in [0.5, 0.6) is 0 Å². The highest BCUT2D eigenvalue weighted by molar-refractivity contribution is 5.94. The number of carboxylic acids is 1. The van der Waals surface area contributed by atoms with Gasteiger partial charge in [-0.2, -0.15) is 5.26 Å². The van der Waals surface area contributed by atoms with Gasteiger partial charge in [-0.25, -0.2) is 4.79 Å². The van der Waals surface area contributed by atoms with Gasteiger partial charge in [-0.1, -0.05) is 29.8 Å². The lowest BCUT2D eigenvalue weighted by Gasteiger charge is -1.98. The zero-order chi connectivity index (χ0) is 10.6. The third kappa shape index (κ3) is 2.46. The second kappa shape index (κ2) is 4.24. The molecule has 0 fully saturated rings. The van der Waals surface area contributed by atoms with Crippen molar-refractivity contribution in [2.24, 2.45) is 0 Å². The molecule has 0 aromatic heterocycles. The topological polar surface area (TPSA) is 61.1 Å². The summed E-state index contributed by atoms with van der Waals surface area (Å²) in [5.41, 5.74) is 1.86. The fraction of sp³-hybridized carbons (Fsp3) is 0.0909. The fourth-order valence-corrected chi connectivity index (χ4v) is 1.04. The summed E-state index contributed by atoms with van der Waals surface area (Å²) >= 11 is 0. The van der Waals surface area contributed by atoms with E-state index in [4.69, 9.17) is 10.4 Å². The standard InChI is InChI=1S/C11H9NO2/c1-8-2-4-9(5-3-8)10(7-12)6-11(13)14/h2-6H,1H3,(H,13,14)/b10-6+. The Labute approximate surface area is 81.9 Å². The molecule has 14 heavy (non-hydrogen) atoms. The molecule has 1 aromatic carbocycles. The molecule has 3 nitrogen and oxygen atoms in total. The van der Waals surface area contributed by atoms with Gasteiger partial charge in [0.15, 0.2) is 0 Å². The largest absolute Gasteiger partial charge is 0.478 e. The minimum absolute atomic E-state index is 0.164. The molecule has 0 aliphatic heterocycles. The molecule has 0 aliphatic carbocycles. The quantitative estimate of drug-likeness (QED) is 0.568. The molecule has 1 aromatic rings. The van der Waals surface area contributed by atoms with E-state index in [1.165, 1.54) is 0 Å². The average Bonchev–Trinajstić information content (AvgIpc) is 2.15. The van der Waals surface area contributed by atoms with E-state index in [-0.39, 0.29) is 5.57 Å². The first-order chi connectivity index (χ1) is 6.63. The van der Waals surface area contributed by atoms with Gasteiger partial charge in [-0.15, -0.1) is 0 Å². The lowest BCUT2D eigenvalue weighted by Crippen LogP contribution is -1.91. The Bertz CT molecular complexity index is 410. The summed E-state index contributed by atoms with van der Waals surface area (Å²) < 4.78 is 0. The zero-order valence-electron chi connectivity index (χ0n) is 7.69. The fourth-order valence-electron chi connectivity index (χ4n) is 1.04. The van der Waals surface area contributed by atoms with E-state index in [0.717, 1.165) is 11.6 Å². The molecule has 0 radical (unpaired) electrons. The number of hydrogen-bond donors (Lipinski definition) is 1. The van der Waals surface area contributed by atoms with E-state index in [2.05, 4.69) is 0 Å². The summed E-state index contributed by atoms with van der Waals surface area (Å²) in [5, 5.41) is 17.2. The van der Waals surface area contributed by atoms with Crippen LogP contribution in [-0.4, -0.2) is 11.1 Å². The predicted octanol–water partition coefficient (Wildman–Crippen LogP) is 1.99. The summed E-state index contributed by atoms with van der Waals surface area (Å²) in [6.07, 6.45) is 0.907. The van der Waals surface area contributed by atoms with Crippen molar-refractivity contribution in [1.29, 1.82) is 5.26 Å². The van der Waals surface area contributed by atoms with Crippen LogP contribution in [0, 0.1) is 18.3 Å². The molecule has 0 atom stereocenters. The van der Waals surface area contributed by atoms with Crippen molar-refractivity contribution in [1.82, 2.24) is 0 Å². The van der Waals surface area contributed by atoms with Crippen molar-refractivity contribution >= 4 is 11.5 Å². The zero-order valence-corrected chi connectivity index (χ0v) is 7.69. The molecule has 0 heterocycles. The molecule has 1 rings (SSSR count). The normalized spacial score (nSPS) is 10.7. The molecule has 1 N–H and O–H groups in total. The Hall–Kier alpha value is -2.08. The van der Waals surface area contributed by atoms with Crippen molar-refractivity contribution in [3.05, 3.63) is 41.5 Å². The highest BCUT2D eigenvalue weighted by Gasteiger charge is 2.02. The van der Waals surface area contributed by atoms with Gasteiger partial charge >= 0.3 is 5.97 Å². The van der Waals surface area contributed by atoms with Crippen LogP contribution >= 0.6 is 0 Å². The van der Waals surface area contributed by atoms with Crippen molar-refractivity contribution in [3.63, 3.8) is 0 Å². The number of carboxylic acid groups (broad SMARTS) is 1. The molecule has 0 aliphatic rings. The molecular weight excluding hydrogens is 178 g/mol. The first-order valence-corrected chi connectivity index (χ1v) is 4.05. The van der Waals surface area contributed by atoms with Gasteiger partial charge < -0.3 is 5.11 Å². The van der Waals surface area contributed by atoms with Crippen molar-refractivity contribution in [3.8, 4) is 6.07 Å². The minimum atomic E-state index is -1.11. The van der Waals surface area contributed by atoms with Crippen LogP contribution in [0.2, 0.25) is 0 Å². The minimum Gasteiger partial charge on any atom is -0.478 e. The maximum atomic E-state index is 10.4. The summed E-state index contributed by atoms with van der Waals surface area (Å²) in [4.78, 5) is 10.4. The number of carbonyl (C=O) groups is 1. The van der Waals surface area contributed by atoms with E-state index in [1.807, 2.05) is 25.1 Å². The summed E-state index contributed by atoms with van der Waals surface area (Å²) in [5.74, 6) is -1.11. The first-order valence-electron chi connectivity index (χ1n) is 4.05. The number of hydrogen-bond acceptors (Lipinski definition) is 2. The van der Waals surface area contributed by atoms with E-state index in [1.54, 1.807) is 12.1 Å². The molecule has 3 heteroatoms. The van der Waals surface area contributed by atoms with E-state index < -0.39 is 5.97 Å². The van der Waals surface area contributed by atoms with Crippen molar-refractivity contribution in [2.75, 3.05) is 0 Å². The smallest absolute Gasteiger partial charge is 0.329 e. The number of benzene rings is 1. The second-order valence-electron chi connectivity index (χ2n) is 2.87. The maximum Gasteiger partial charge on any atom is 0.329 e. The van der Waals surface area contributed by atoms with Gasteiger partial charge in [0.2, 0.25) is 0 Å². The molecule has 0 saturated carbocycles. The summed E-state index contributed by atoms with van der Waals surface area (Å²) in [6, 6.07) is 8.98. The summed E-state index contributed by atoms with van der Waals surface area (Å²) in [7, 11) is 0. The Morgan fingerprint density at radius 2 is 2.00 bits per heavy atom.